The van der Waals surface area contributed by atoms with Crippen molar-refractivity contribution in [1.82, 2.24) is 5.32 Å². The lowest BCUT2D eigenvalue weighted by Gasteiger charge is -2.16. The van der Waals surface area contributed by atoms with Gasteiger partial charge in [-0.3, -0.25) is 0 Å². The van der Waals surface area contributed by atoms with Crippen molar-refractivity contribution in [3.8, 4) is 0 Å². The van der Waals surface area contributed by atoms with Crippen LogP contribution in [0, 0.1) is 0 Å². The summed E-state index contributed by atoms with van der Waals surface area (Å²) in [5.74, 6) is 2.30. The second-order valence-electron chi connectivity index (χ2n) is 3.44. The minimum absolute atomic E-state index is 0.509. The summed E-state index contributed by atoms with van der Waals surface area (Å²) < 4.78 is 0. The summed E-state index contributed by atoms with van der Waals surface area (Å²) in [6, 6.07) is 8.58. The molecular formula is C12H18ClNS. The van der Waals surface area contributed by atoms with Crippen LogP contribution in [-0.2, 0) is 6.42 Å². The van der Waals surface area contributed by atoms with Crippen molar-refractivity contribution in [3.05, 3.63) is 34.9 Å². The summed E-state index contributed by atoms with van der Waals surface area (Å²) in [6.45, 7) is 2.19. The van der Waals surface area contributed by atoms with Gasteiger partial charge >= 0.3 is 0 Å². The highest BCUT2D eigenvalue weighted by Gasteiger charge is 2.08. The standard InChI is InChI=1S/C12H18ClNS/c1-3-15-9-11(14-2)8-10-6-4-5-7-12(10)13/h4-7,11,14H,3,8-9H2,1-2H3. The normalized spacial score (nSPS) is 12.7. The van der Waals surface area contributed by atoms with Gasteiger partial charge in [0.25, 0.3) is 0 Å². The van der Waals surface area contributed by atoms with Crippen LogP contribution in [-0.4, -0.2) is 24.6 Å². The number of thioether (sulfide) groups is 1. The SMILES string of the molecule is CCSCC(Cc1ccccc1Cl)NC. The molecule has 1 unspecified atom stereocenters. The third kappa shape index (κ3) is 4.45. The number of hydrogen-bond acceptors (Lipinski definition) is 2. The quantitative estimate of drug-likeness (QED) is 0.824. The van der Waals surface area contributed by atoms with Gasteiger partial charge in [0, 0.05) is 16.8 Å². The molecule has 0 aliphatic rings. The van der Waals surface area contributed by atoms with Crippen LogP contribution in [0.2, 0.25) is 5.02 Å². The smallest absolute Gasteiger partial charge is 0.0438 e. The van der Waals surface area contributed by atoms with Gasteiger partial charge in [0.1, 0.15) is 0 Å². The van der Waals surface area contributed by atoms with Gasteiger partial charge in [-0.1, -0.05) is 36.7 Å². The van der Waals surface area contributed by atoms with E-state index >= 15 is 0 Å². The molecule has 0 bridgehead atoms. The summed E-state index contributed by atoms with van der Waals surface area (Å²) in [7, 11) is 2.01. The third-order valence-corrected chi connectivity index (χ3v) is 3.77. The maximum atomic E-state index is 6.12. The summed E-state index contributed by atoms with van der Waals surface area (Å²) in [5.41, 5.74) is 1.23. The molecule has 84 valence electrons. The van der Waals surface area contributed by atoms with Crippen molar-refractivity contribution >= 4 is 23.4 Å². The highest BCUT2D eigenvalue weighted by molar-refractivity contribution is 7.99. The van der Waals surface area contributed by atoms with Crippen molar-refractivity contribution in [2.24, 2.45) is 0 Å². The molecule has 0 aliphatic heterocycles. The van der Waals surface area contributed by atoms with Crippen molar-refractivity contribution in [3.63, 3.8) is 0 Å². The van der Waals surface area contributed by atoms with Gasteiger partial charge in [0.15, 0.2) is 0 Å². The molecule has 1 aromatic carbocycles. The van der Waals surface area contributed by atoms with Crippen molar-refractivity contribution in [2.45, 2.75) is 19.4 Å². The summed E-state index contributed by atoms with van der Waals surface area (Å²) in [4.78, 5) is 0. The van der Waals surface area contributed by atoms with Crippen LogP contribution in [0.1, 0.15) is 12.5 Å². The second kappa shape index (κ2) is 7.15. The van der Waals surface area contributed by atoms with E-state index < -0.39 is 0 Å². The van der Waals surface area contributed by atoms with Gasteiger partial charge in [-0.2, -0.15) is 11.8 Å². The Morgan fingerprint density at radius 1 is 1.40 bits per heavy atom. The first-order valence-corrected chi connectivity index (χ1v) is 6.79. The minimum atomic E-state index is 0.509. The van der Waals surface area contributed by atoms with Crippen LogP contribution in [0.5, 0.6) is 0 Å². The molecule has 0 aromatic heterocycles. The highest BCUT2D eigenvalue weighted by Crippen LogP contribution is 2.17. The maximum Gasteiger partial charge on any atom is 0.0438 e. The Balaban J connectivity index is 2.54. The molecule has 1 rings (SSSR count). The Hall–Kier alpha value is -0.180. The van der Waals surface area contributed by atoms with E-state index in [9.17, 15) is 0 Å². The van der Waals surface area contributed by atoms with Gasteiger partial charge in [-0.25, -0.2) is 0 Å². The topological polar surface area (TPSA) is 12.0 Å². The number of hydrogen-bond donors (Lipinski definition) is 1. The molecule has 3 heteroatoms. The molecule has 0 spiro atoms. The second-order valence-corrected chi connectivity index (χ2v) is 5.17. The van der Waals surface area contributed by atoms with E-state index in [1.165, 1.54) is 11.3 Å². The summed E-state index contributed by atoms with van der Waals surface area (Å²) in [6.07, 6.45) is 1.00. The fourth-order valence-corrected chi connectivity index (χ4v) is 2.45. The average molecular weight is 244 g/mol. The van der Waals surface area contributed by atoms with Crippen LogP contribution in [0.25, 0.3) is 0 Å². The zero-order chi connectivity index (χ0) is 11.1. The molecule has 1 N–H and O–H groups in total. The minimum Gasteiger partial charge on any atom is -0.316 e. The average Bonchev–Trinajstić information content (AvgIpc) is 2.26. The van der Waals surface area contributed by atoms with Gasteiger partial charge < -0.3 is 5.32 Å². The van der Waals surface area contributed by atoms with Crippen LogP contribution >= 0.6 is 23.4 Å². The molecule has 0 amide bonds. The van der Waals surface area contributed by atoms with E-state index in [0.717, 1.165) is 17.2 Å². The molecule has 0 saturated heterocycles. The Kier molecular flexibility index (Phi) is 6.15. The molecule has 1 aromatic rings. The highest BCUT2D eigenvalue weighted by atomic mass is 35.5. The Morgan fingerprint density at radius 3 is 2.73 bits per heavy atom. The summed E-state index contributed by atoms with van der Waals surface area (Å²) in [5, 5.41) is 4.21. The van der Waals surface area contributed by atoms with E-state index in [-0.39, 0.29) is 0 Å². The number of rotatable bonds is 6. The van der Waals surface area contributed by atoms with Gasteiger partial charge in [-0.15, -0.1) is 0 Å². The monoisotopic (exact) mass is 243 g/mol. The third-order valence-electron chi connectivity index (χ3n) is 2.36. The van der Waals surface area contributed by atoms with Gasteiger partial charge in [-0.05, 0) is 30.9 Å². The molecule has 1 nitrogen and oxygen atoms in total. The van der Waals surface area contributed by atoms with Gasteiger partial charge in [0.05, 0.1) is 0 Å². The fraction of sp³-hybridized carbons (Fsp3) is 0.500. The molecule has 0 radical (unpaired) electrons. The summed E-state index contributed by atoms with van der Waals surface area (Å²) >= 11 is 8.09. The number of nitrogens with one attached hydrogen (secondary N) is 1. The van der Waals surface area contributed by atoms with Crippen molar-refractivity contribution < 1.29 is 0 Å². The molecule has 0 saturated carbocycles. The lowest BCUT2D eigenvalue weighted by atomic mass is 10.1. The number of likely N-dealkylation sites (N-methyl/N-ethyl adjacent to an activating group) is 1. The fourth-order valence-electron chi connectivity index (χ4n) is 1.43. The Labute approximate surface area is 102 Å². The van der Waals surface area contributed by atoms with Crippen molar-refractivity contribution in [1.29, 1.82) is 0 Å². The molecule has 0 aliphatic carbocycles. The van der Waals surface area contributed by atoms with E-state index in [2.05, 4.69) is 18.3 Å². The zero-order valence-electron chi connectivity index (χ0n) is 9.29. The molecule has 0 heterocycles. The van der Waals surface area contributed by atoms with Crippen molar-refractivity contribution in [2.75, 3.05) is 18.6 Å². The van der Waals surface area contributed by atoms with E-state index in [4.69, 9.17) is 11.6 Å². The van der Waals surface area contributed by atoms with Crippen LogP contribution < -0.4 is 5.32 Å². The van der Waals surface area contributed by atoms with Crippen LogP contribution in [0.4, 0.5) is 0 Å². The lowest BCUT2D eigenvalue weighted by Crippen LogP contribution is -2.30. The molecule has 0 fully saturated rings. The first kappa shape index (κ1) is 12.9. The van der Waals surface area contributed by atoms with E-state index in [0.29, 0.717) is 6.04 Å². The number of benzene rings is 1. The first-order valence-electron chi connectivity index (χ1n) is 5.26. The Morgan fingerprint density at radius 2 is 2.13 bits per heavy atom. The lowest BCUT2D eigenvalue weighted by molar-refractivity contribution is 0.617. The largest absolute Gasteiger partial charge is 0.316 e. The zero-order valence-corrected chi connectivity index (χ0v) is 10.9. The van der Waals surface area contributed by atoms with Crippen LogP contribution in [0.3, 0.4) is 0 Å². The molecule has 15 heavy (non-hydrogen) atoms. The predicted molar refractivity (Wildman–Crippen MR) is 71.0 cm³/mol. The van der Waals surface area contributed by atoms with Crippen LogP contribution in [0.15, 0.2) is 24.3 Å². The Bertz CT molecular complexity index is 291. The number of halogens is 1. The maximum absolute atomic E-state index is 6.12. The van der Waals surface area contributed by atoms with Gasteiger partial charge in [0.2, 0.25) is 0 Å². The molecular weight excluding hydrogens is 226 g/mol. The van der Waals surface area contributed by atoms with E-state index in [1.54, 1.807) is 0 Å². The first-order chi connectivity index (χ1) is 7.27. The van der Waals surface area contributed by atoms with E-state index in [1.807, 2.05) is 37.0 Å². The molecule has 1 atom stereocenters. The predicted octanol–water partition coefficient (Wildman–Crippen LogP) is 3.22.